The highest BCUT2D eigenvalue weighted by Gasteiger charge is 2.23. The van der Waals surface area contributed by atoms with Crippen molar-refractivity contribution in [2.24, 2.45) is 0 Å². The Bertz CT molecular complexity index is 910. The number of benzene rings is 2. The molecule has 0 saturated carbocycles. The second kappa shape index (κ2) is 9.98. The van der Waals surface area contributed by atoms with E-state index >= 15 is 0 Å². The molecule has 9 nitrogen and oxygen atoms in total. The Hall–Kier alpha value is -3.75. The zero-order chi connectivity index (χ0) is 21.4. The van der Waals surface area contributed by atoms with Crippen molar-refractivity contribution in [2.75, 3.05) is 40.4 Å². The van der Waals surface area contributed by atoms with E-state index in [4.69, 9.17) is 23.7 Å². The summed E-state index contributed by atoms with van der Waals surface area (Å²) in [6.45, 7) is -0.599. The number of methoxy groups -OCH3 is 4. The molecule has 9 heteroatoms. The van der Waals surface area contributed by atoms with Crippen LogP contribution in [0.5, 0.6) is 23.0 Å². The van der Waals surface area contributed by atoms with Crippen LogP contribution in [0.4, 0.5) is 5.69 Å². The van der Waals surface area contributed by atoms with E-state index in [1.54, 1.807) is 18.2 Å². The van der Waals surface area contributed by atoms with Gasteiger partial charge in [0.05, 0.1) is 34.1 Å². The molecule has 0 bridgehead atoms. The number of hydrogen-bond donors (Lipinski definition) is 1. The maximum Gasteiger partial charge on any atom is 0.343 e. The van der Waals surface area contributed by atoms with Gasteiger partial charge in [-0.1, -0.05) is 0 Å². The Morgan fingerprint density at radius 3 is 2.21 bits per heavy atom. The molecule has 0 fully saturated rings. The van der Waals surface area contributed by atoms with Crippen molar-refractivity contribution in [1.82, 2.24) is 0 Å². The lowest BCUT2D eigenvalue weighted by molar-refractivity contribution is -0.119. The van der Waals surface area contributed by atoms with Crippen molar-refractivity contribution >= 4 is 23.9 Å². The summed E-state index contributed by atoms with van der Waals surface area (Å²) in [4.78, 5) is 36.0. The number of aldehydes is 1. The van der Waals surface area contributed by atoms with Gasteiger partial charge in [0.1, 0.15) is 17.1 Å². The predicted octanol–water partition coefficient (Wildman–Crippen LogP) is 2.33. The largest absolute Gasteiger partial charge is 0.497 e. The Morgan fingerprint density at radius 2 is 1.62 bits per heavy atom. The first-order chi connectivity index (χ1) is 14.0. The van der Waals surface area contributed by atoms with Crippen LogP contribution in [-0.4, -0.2) is 53.2 Å². The van der Waals surface area contributed by atoms with Crippen LogP contribution in [0.3, 0.4) is 0 Å². The molecule has 0 unspecified atom stereocenters. The number of hydrogen-bond acceptors (Lipinski definition) is 8. The van der Waals surface area contributed by atoms with Crippen molar-refractivity contribution in [1.29, 1.82) is 0 Å². The fraction of sp³-hybridized carbons (Fsp3) is 0.250. The average molecular weight is 403 g/mol. The molecule has 0 aromatic heterocycles. The molecule has 1 N–H and O–H groups in total. The lowest BCUT2D eigenvalue weighted by Gasteiger charge is -2.14. The third kappa shape index (κ3) is 4.95. The van der Waals surface area contributed by atoms with E-state index in [-0.39, 0.29) is 22.6 Å². The van der Waals surface area contributed by atoms with E-state index < -0.39 is 18.5 Å². The van der Waals surface area contributed by atoms with Gasteiger partial charge in [0, 0.05) is 11.6 Å². The molecule has 0 saturated heterocycles. The van der Waals surface area contributed by atoms with Crippen molar-refractivity contribution in [3.05, 3.63) is 41.5 Å². The molecule has 0 aliphatic heterocycles. The number of rotatable bonds is 9. The van der Waals surface area contributed by atoms with Crippen LogP contribution in [0.15, 0.2) is 30.3 Å². The molecule has 2 rings (SSSR count). The highest BCUT2D eigenvalue weighted by molar-refractivity contribution is 6.03. The van der Waals surface area contributed by atoms with Crippen molar-refractivity contribution in [2.45, 2.75) is 0 Å². The van der Waals surface area contributed by atoms with Crippen molar-refractivity contribution < 1.29 is 38.1 Å². The number of carbonyl (C=O) groups is 3. The van der Waals surface area contributed by atoms with Gasteiger partial charge in [-0.05, 0) is 24.3 Å². The predicted molar refractivity (Wildman–Crippen MR) is 103 cm³/mol. The number of nitrogens with one attached hydrogen (secondary N) is 1. The van der Waals surface area contributed by atoms with Gasteiger partial charge in [-0.2, -0.15) is 0 Å². The SMILES string of the molecule is COc1ccc(OC)c(NC(=O)COC(=O)c2c(C=O)ccc(OC)c2OC)c1. The smallest absolute Gasteiger partial charge is 0.343 e. The van der Waals surface area contributed by atoms with Gasteiger partial charge in [-0.15, -0.1) is 0 Å². The summed E-state index contributed by atoms with van der Waals surface area (Å²) < 4.78 is 25.7. The Balaban J connectivity index is 2.16. The molecule has 2 aromatic rings. The fourth-order valence-electron chi connectivity index (χ4n) is 2.55. The van der Waals surface area contributed by atoms with Gasteiger partial charge in [-0.25, -0.2) is 4.79 Å². The summed E-state index contributed by atoms with van der Waals surface area (Å²) in [6.07, 6.45) is 0.486. The van der Waals surface area contributed by atoms with Crippen LogP contribution in [0.25, 0.3) is 0 Å². The Kier molecular flexibility index (Phi) is 7.41. The van der Waals surface area contributed by atoms with E-state index in [1.807, 2.05) is 0 Å². The fourth-order valence-corrected chi connectivity index (χ4v) is 2.55. The lowest BCUT2D eigenvalue weighted by Crippen LogP contribution is -2.22. The maximum atomic E-state index is 12.5. The summed E-state index contributed by atoms with van der Waals surface area (Å²) in [5.41, 5.74) is 0.261. The molecule has 0 spiro atoms. The van der Waals surface area contributed by atoms with E-state index in [0.29, 0.717) is 23.5 Å². The first-order valence-corrected chi connectivity index (χ1v) is 8.38. The van der Waals surface area contributed by atoms with E-state index in [0.717, 1.165) is 0 Å². The lowest BCUT2D eigenvalue weighted by atomic mass is 10.1. The topological polar surface area (TPSA) is 109 Å². The Morgan fingerprint density at radius 1 is 0.931 bits per heavy atom. The van der Waals surface area contributed by atoms with Crippen molar-refractivity contribution in [3.63, 3.8) is 0 Å². The maximum absolute atomic E-state index is 12.5. The zero-order valence-corrected chi connectivity index (χ0v) is 16.4. The molecule has 0 radical (unpaired) electrons. The minimum atomic E-state index is -0.907. The zero-order valence-electron chi connectivity index (χ0n) is 16.4. The molecule has 0 aliphatic rings. The summed E-state index contributed by atoms with van der Waals surface area (Å²) in [6, 6.07) is 7.74. The third-order valence-corrected chi connectivity index (χ3v) is 3.92. The van der Waals surface area contributed by atoms with Gasteiger partial charge in [0.2, 0.25) is 0 Å². The molecular weight excluding hydrogens is 382 g/mol. The number of ether oxygens (including phenoxy) is 5. The van der Waals surface area contributed by atoms with Gasteiger partial charge >= 0.3 is 5.97 Å². The normalized spacial score (nSPS) is 9.93. The molecular formula is C20H21NO8. The van der Waals surface area contributed by atoms with E-state index in [9.17, 15) is 14.4 Å². The molecule has 0 aliphatic carbocycles. The van der Waals surface area contributed by atoms with Gasteiger partial charge < -0.3 is 29.0 Å². The first kappa shape index (κ1) is 21.5. The molecule has 0 atom stereocenters. The van der Waals surface area contributed by atoms with Gasteiger partial charge in [0.25, 0.3) is 5.91 Å². The van der Waals surface area contributed by atoms with Crippen LogP contribution < -0.4 is 24.3 Å². The standard InChI is InChI=1S/C20H21NO8/c1-25-13-6-8-15(26-2)14(9-13)21-17(23)11-29-20(24)18-12(10-22)5-7-16(27-3)19(18)28-4/h5-10H,11H2,1-4H3,(H,21,23). The van der Waals surface area contributed by atoms with Crippen LogP contribution >= 0.6 is 0 Å². The second-order valence-corrected chi connectivity index (χ2v) is 5.57. The van der Waals surface area contributed by atoms with Gasteiger partial charge in [0.15, 0.2) is 24.4 Å². The molecule has 2 aromatic carbocycles. The first-order valence-electron chi connectivity index (χ1n) is 8.38. The van der Waals surface area contributed by atoms with Gasteiger partial charge in [-0.3, -0.25) is 9.59 Å². The molecule has 154 valence electrons. The third-order valence-electron chi connectivity index (χ3n) is 3.92. The summed E-state index contributed by atoms with van der Waals surface area (Å²) in [7, 11) is 5.66. The monoisotopic (exact) mass is 403 g/mol. The number of carbonyl (C=O) groups excluding carboxylic acids is 3. The van der Waals surface area contributed by atoms with Crippen LogP contribution in [-0.2, 0) is 9.53 Å². The number of amides is 1. The van der Waals surface area contributed by atoms with E-state index in [1.165, 1.54) is 40.6 Å². The summed E-state index contributed by atoms with van der Waals surface area (Å²) >= 11 is 0. The summed E-state index contributed by atoms with van der Waals surface area (Å²) in [5.74, 6) is -0.319. The van der Waals surface area contributed by atoms with Crippen molar-refractivity contribution in [3.8, 4) is 23.0 Å². The second-order valence-electron chi connectivity index (χ2n) is 5.57. The van der Waals surface area contributed by atoms with E-state index in [2.05, 4.69) is 5.32 Å². The quantitative estimate of drug-likeness (QED) is 0.502. The summed E-state index contributed by atoms with van der Waals surface area (Å²) in [5, 5.41) is 2.58. The Labute approximate surface area is 167 Å². The highest BCUT2D eigenvalue weighted by atomic mass is 16.5. The van der Waals surface area contributed by atoms with Crippen LogP contribution in [0, 0.1) is 0 Å². The number of anilines is 1. The molecule has 0 heterocycles. The van der Waals surface area contributed by atoms with Crippen LogP contribution in [0.2, 0.25) is 0 Å². The highest BCUT2D eigenvalue weighted by Crippen LogP contribution is 2.33. The number of esters is 1. The average Bonchev–Trinajstić information content (AvgIpc) is 2.75. The minimum absolute atomic E-state index is 0.0389. The minimum Gasteiger partial charge on any atom is -0.497 e. The molecule has 29 heavy (non-hydrogen) atoms. The molecule has 1 amide bonds. The van der Waals surface area contributed by atoms with Crippen LogP contribution in [0.1, 0.15) is 20.7 Å².